The maximum atomic E-state index is 11.5. The Morgan fingerprint density at radius 1 is 1.24 bits per heavy atom. The molecule has 0 radical (unpaired) electrons. The van der Waals surface area contributed by atoms with Crippen LogP contribution in [0.5, 0.6) is 0 Å². The number of carboxylic acid groups (broad SMARTS) is 1. The number of carbonyl (C=O) groups is 1. The highest BCUT2D eigenvalue weighted by molar-refractivity contribution is 5.91. The quantitative estimate of drug-likeness (QED) is 0.851. The third-order valence-corrected chi connectivity index (χ3v) is 3.78. The fraction of sp³-hybridized carbons (Fsp3) is 0.533. The molecule has 1 unspecified atom stereocenters. The monoisotopic (exact) mass is 232 g/mol. The minimum absolute atomic E-state index is 0.257. The van der Waals surface area contributed by atoms with Gasteiger partial charge in [0.1, 0.15) is 0 Å². The van der Waals surface area contributed by atoms with Gasteiger partial charge in [0.2, 0.25) is 0 Å². The largest absolute Gasteiger partial charge is 0.478 e. The van der Waals surface area contributed by atoms with E-state index in [9.17, 15) is 9.90 Å². The minimum Gasteiger partial charge on any atom is -0.478 e. The molecule has 2 heteroatoms. The number of aromatic carboxylic acids is 1. The van der Waals surface area contributed by atoms with E-state index < -0.39 is 5.97 Å². The fourth-order valence-corrected chi connectivity index (χ4v) is 2.55. The maximum Gasteiger partial charge on any atom is 0.336 e. The van der Waals surface area contributed by atoms with E-state index >= 15 is 0 Å². The second-order valence-corrected chi connectivity index (χ2v) is 5.40. The summed E-state index contributed by atoms with van der Waals surface area (Å²) in [6, 6.07) is 5.92. The van der Waals surface area contributed by atoms with Gasteiger partial charge >= 0.3 is 5.97 Å². The van der Waals surface area contributed by atoms with Gasteiger partial charge < -0.3 is 5.11 Å². The standard InChI is InChI=1S/C15H20O2/c1-9(2)12-5-4-6-13(14(12)15(16)17)10(3)11-7-8-11/h4-6,9-11H,7-8H2,1-3H3,(H,16,17). The van der Waals surface area contributed by atoms with E-state index in [1.807, 2.05) is 32.0 Å². The molecule has 1 aliphatic rings. The summed E-state index contributed by atoms with van der Waals surface area (Å²) in [5.74, 6) is 0.541. The lowest BCUT2D eigenvalue weighted by molar-refractivity contribution is 0.0693. The average Bonchev–Trinajstić information content (AvgIpc) is 3.10. The Kier molecular flexibility index (Phi) is 3.23. The van der Waals surface area contributed by atoms with Crippen LogP contribution in [-0.2, 0) is 0 Å². The third kappa shape index (κ3) is 2.36. The highest BCUT2D eigenvalue weighted by Crippen LogP contribution is 2.44. The zero-order valence-electron chi connectivity index (χ0n) is 10.7. The summed E-state index contributed by atoms with van der Waals surface area (Å²) >= 11 is 0. The second kappa shape index (κ2) is 4.52. The van der Waals surface area contributed by atoms with Gasteiger partial charge in [-0.3, -0.25) is 0 Å². The zero-order valence-corrected chi connectivity index (χ0v) is 10.7. The van der Waals surface area contributed by atoms with Crippen LogP contribution >= 0.6 is 0 Å². The van der Waals surface area contributed by atoms with Gasteiger partial charge in [-0.05, 0) is 41.7 Å². The molecule has 92 valence electrons. The predicted octanol–water partition coefficient (Wildman–Crippen LogP) is 4.02. The van der Waals surface area contributed by atoms with Crippen LogP contribution in [0.3, 0.4) is 0 Å². The molecule has 0 aromatic heterocycles. The van der Waals surface area contributed by atoms with Gasteiger partial charge in [0.05, 0.1) is 5.56 Å². The van der Waals surface area contributed by atoms with E-state index in [0.717, 1.165) is 11.1 Å². The summed E-state index contributed by atoms with van der Waals surface area (Å²) in [6.45, 7) is 6.25. The Balaban J connectivity index is 2.49. The van der Waals surface area contributed by atoms with Crippen LogP contribution in [0.25, 0.3) is 0 Å². The van der Waals surface area contributed by atoms with Gasteiger partial charge in [-0.15, -0.1) is 0 Å². The maximum absolute atomic E-state index is 11.5. The summed E-state index contributed by atoms with van der Waals surface area (Å²) in [5.41, 5.74) is 2.52. The van der Waals surface area contributed by atoms with Crippen molar-refractivity contribution in [1.82, 2.24) is 0 Å². The van der Waals surface area contributed by atoms with Crippen LogP contribution in [0.1, 0.15) is 66.9 Å². The zero-order chi connectivity index (χ0) is 12.6. The van der Waals surface area contributed by atoms with Gasteiger partial charge in [-0.2, -0.15) is 0 Å². The molecule has 0 heterocycles. The van der Waals surface area contributed by atoms with Crippen molar-refractivity contribution in [3.05, 3.63) is 34.9 Å². The molecule has 1 atom stereocenters. The van der Waals surface area contributed by atoms with E-state index in [1.165, 1.54) is 12.8 Å². The molecule has 0 saturated heterocycles. The van der Waals surface area contributed by atoms with E-state index in [4.69, 9.17) is 0 Å². The molecule has 0 amide bonds. The fourth-order valence-electron chi connectivity index (χ4n) is 2.55. The lowest BCUT2D eigenvalue weighted by Crippen LogP contribution is -2.11. The van der Waals surface area contributed by atoms with Crippen LogP contribution in [0.15, 0.2) is 18.2 Å². The molecule has 1 aromatic carbocycles. The van der Waals surface area contributed by atoms with Gasteiger partial charge in [-0.25, -0.2) is 4.79 Å². The molecule has 17 heavy (non-hydrogen) atoms. The summed E-state index contributed by atoms with van der Waals surface area (Å²) in [7, 11) is 0. The molecule has 0 bridgehead atoms. The van der Waals surface area contributed by atoms with Gasteiger partial charge in [-0.1, -0.05) is 39.0 Å². The van der Waals surface area contributed by atoms with Gasteiger partial charge in [0, 0.05) is 0 Å². The molecule has 1 aromatic rings. The van der Waals surface area contributed by atoms with Crippen molar-refractivity contribution in [3.8, 4) is 0 Å². The van der Waals surface area contributed by atoms with Crippen molar-refractivity contribution in [1.29, 1.82) is 0 Å². The Morgan fingerprint density at radius 3 is 2.29 bits per heavy atom. The van der Waals surface area contributed by atoms with Gasteiger partial charge in [0.15, 0.2) is 0 Å². The first kappa shape index (κ1) is 12.2. The number of hydrogen-bond donors (Lipinski definition) is 1. The lowest BCUT2D eigenvalue weighted by Gasteiger charge is -2.18. The van der Waals surface area contributed by atoms with Crippen molar-refractivity contribution in [2.75, 3.05) is 0 Å². The van der Waals surface area contributed by atoms with Crippen molar-refractivity contribution < 1.29 is 9.90 Å². The smallest absolute Gasteiger partial charge is 0.336 e. The highest BCUT2D eigenvalue weighted by atomic mass is 16.4. The average molecular weight is 232 g/mol. The number of rotatable bonds is 4. The van der Waals surface area contributed by atoms with E-state index in [-0.39, 0.29) is 5.92 Å². The molecule has 1 fully saturated rings. The first-order chi connectivity index (χ1) is 8.02. The van der Waals surface area contributed by atoms with Crippen LogP contribution in [-0.4, -0.2) is 11.1 Å². The van der Waals surface area contributed by atoms with E-state index in [0.29, 0.717) is 17.4 Å². The molecule has 2 rings (SSSR count). The second-order valence-electron chi connectivity index (χ2n) is 5.40. The third-order valence-electron chi connectivity index (χ3n) is 3.78. The molecular formula is C15H20O2. The Hall–Kier alpha value is -1.31. The first-order valence-corrected chi connectivity index (χ1v) is 6.38. The Labute approximate surface area is 103 Å². The van der Waals surface area contributed by atoms with Crippen molar-refractivity contribution in [2.45, 2.75) is 45.4 Å². The Morgan fingerprint density at radius 2 is 1.82 bits per heavy atom. The summed E-state index contributed by atoms with van der Waals surface area (Å²) < 4.78 is 0. The molecule has 1 aliphatic carbocycles. The molecule has 0 spiro atoms. The molecule has 1 saturated carbocycles. The normalized spacial score (nSPS) is 17.2. The Bertz CT molecular complexity index is 431. The molecular weight excluding hydrogens is 212 g/mol. The summed E-state index contributed by atoms with van der Waals surface area (Å²) in [4.78, 5) is 11.5. The number of hydrogen-bond acceptors (Lipinski definition) is 1. The first-order valence-electron chi connectivity index (χ1n) is 6.38. The molecule has 2 nitrogen and oxygen atoms in total. The SMILES string of the molecule is CC(C)c1cccc(C(C)C2CC2)c1C(=O)O. The van der Waals surface area contributed by atoms with Gasteiger partial charge in [0.25, 0.3) is 0 Å². The van der Waals surface area contributed by atoms with Crippen molar-refractivity contribution in [3.63, 3.8) is 0 Å². The lowest BCUT2D eigenvalue weighted by atomic mass is 9.86. The summed E-state index contributed by atoms with van der Waals surface area (Å²) in [5, 5.41) is 9.45. The predicted molar refractivity (Wildman–Crippen MR) is 68.6 cm³/mol. The van der Waals surface area contributed by atoms with Crippen molar-refractivity contribution in [2.24, 2.45) is 5.92 Å². The highest BCUT2D eigenvalue weighted by Gasteiger charge is 2.32. The summed E-state index contributed by atoms with van der Waals surface area (Å²) in [6.07, 6.45) is 2.48. The van der Waals surface area contributed by atoms with Crippen LogP contribution in [0.2, 0.25) is 0 Å². The van der Waals surface area contributed by atoms with E-state index in [2.05, 4.69) is 6.92 Å². The number of carboxylic acids is 1. The number of benzene rings is 1. The van der Waals surface area contributed by atoms with Crippen LogP contribution < -0.4 is 0 Å². The van der Waals surface area contributed by atoms with Crippen LogP contribution in [0, 0.1) is 5.92 Å². The minimum atomic E-state index is -0.781. The topological polar surface area (TPSA) is 37.3 Å². The van der Waals surface area contributed by atoms with Crippen LogP contribution in [0.4, 0.5) is 0 Å². The molecule has 1 N–H and O–H groups in total. The van der Waals surface area contributed by atoms with E-state index in [1.54, 1.807) is 0 Å². The molecule has 0 aliphatic heterocycles. The van der Waals surface area contributed by atoms with Crippen molar-refractivity contribution >= 4 is 5.97 Å².